The second kappa shape index (κ2) is 8.26. The van der Waals surface area contributed by atoms with E-state index in [9.17, 15) is 5.11 Å². The van der Waals surface area contributed by atoms with Crippen LogP contribution < -0.4 is 4.74 Å². The summed E-state index contributed by atoms with van der Waals surface area (Å²) in [6, 6.07) is 17.5. The molecule has 0 saturated heterocycles. The van der Waals surface area contributed by atoms with E-state index in [1.54, 1.807) is 6.07 Å². The summed E-state index contributed by atoms with van der Waals surface area (Å²) in [6.45, 7) is 0.778. The molecule has 0 bridgehead atoms. The molecule has 0 aromatic heterocycles. The lowest BCUT2D eigenvalue weighted by Crippen LogP contribution is -1.97. The summed E-state index contributed by atoms with van der Waals surface area (Å²) < 4.78 is 5.65. The van der Waals surface area contributed by atoms with Crippen LogP contribution in [0.5, 0.6) is 11.5 Å². The first-order valence-corrected chi connectivity index (χ1v) is 7.31. The molecule has 106 valence electrons. The third-order valence-electron chi connectivity index (χ3n) is 3.34. The van der Waals surface area contributed by atoms with Crippen molar-refractivity contribution >= 4 is 0 Å². The fourth-order valence-corrected chi connectivity index (χ4v) is 2.20. The summed E-state index contributed by atoms with van der Waals surface area (Å²) in [5, 5.41) is 9.66. The maximum Gasteiger partial charge on any atom is 0.119 e. The maximum absolute atomic E-state index is 9.66. The van der Waals surface area contributed by atoms with Gasteiger partial charge in [-0.15, -0.1) is 0 Å². The summed E-state index contributed by atoms with van der Waals surface area (Å²) in [5.74, 6) is 1.36. The molecule has 0 aliphatic rings. The Hall–Kier alpha value is -1.96. The van der Waals surface area contributed by atoms with Crippen molar-refractivity contribution in [3.63, 3.8) is 0 Å². The number of unbranched alkanes of at least 4 members (excludes halogenated alkanes) is 3. The minimum Gasteiger partial charge on any atom is -0.508 e. The molecule has 1 N–H and O–H groups in total. The molecule has 2 aromatic rings. The molecule has 0 aliphatic heterocycles. The van der Waals surface area contributed by atoms with Crippen molar-refractivity contribution in [2.24, 2.45) is 0 Å². The Balaban J connectivity index is 1.53. The topological polar surface area (TPSA) is 29.5 Å². The fraction of sp³-hybridized carbons (Fsp3) is 0.333. The van der Waals surface area contributed by atoms with Gasteiger partial charge in [-0.3, -0.25) is 0 Å². The number of para-hydroxylation sites is 2. The number of ether oxygens (including phenoxy) is 1. The van der Waals surface area contributed by atoms with Crippen LogP contribution in [0.15, 0.2) is 54.6 Å². The van der Waals surface area contributed by atoms with Crippen LogP contribution in [0, 0.1) is 0 Å². The van der Waals surface area contributed by atoms with E-state index in [1.807, 2.05) is 48.5 Å². The highest BCUT2D eigenvalue weighted by atomic mass is 16.5. The van der Waals surface area contributed by atoms with Crippen molar-refractivity contribution in [1.29, 1.82) is 0 Å². The Morgan fingerprint density at radius 1 is 0.750 bits per heavy atom. The molecule has 20 heavy (non-hydrogen) atoms. The van der Waals surface area contributed by atoms with Gasteiger partial charge in [0.05, 0.1) is 6.61 Å². The lowest BCUT2D eigenvalue weighted by atomic mass is 10.1. The first-order valence-electron chi connectivity index (χ1n) is 7.31. The Morgan fingerprint density at radius 3 is 2.25 bits per heavy atom. The number of benzene rings is 2. The summed E-state index contributed by atoms with van der Waals surface area (Å²) in [5.41, 5.74) is 1.05. The smallest absolute Gasteiger partial charge is 0.119 e. The predicted octanol–water partition coefficient (Wildman–Crippen LogP) is 4.57. The van der Waals surface area contributed by atoms with Crippen LogP contribution in [0.1, 0.15) is 31.2 Å². The van der Waals surface area contributed by atoms with Gasteiger partial charge in [0.15, 0.2) is 0 Å². The molecule has 0 aliphatic carbocycles. The fourth-order valence-electron chi connectivity index (χ4n) is 2.20. The Bertz CT molecular complexity index is 494. The van der Waals surface area contributed by atoms with Gasteiger partial charge in [0.1, 0.15) is 11.5 Å². The molecule has 0 spiro atoms. The first-order chi connectivity index (χ1) is 9.86. The minimum absolute atomic E-state index is 0.417. The standard InChI is InChI=1S/C18H22O2/c19-18-14-8-7-11-16(18)10-4-1-2-9-15-20-17-12-5-3-6-13-17/h3,5-8,11-14,19H,1-2,4,9-10,15H2. The maximum atomic E-state index is 9.66. The van der Waals surface area contributed by atoms with Gasteiger partial charge >= 0.3 is 0 Å². The van der Waals surface area contributed by atoms with E-state index in [-0.39, 0.29) is 0 Å². The van der Waals surface area contributed by atoms with Crippen LogP contribution in [0.3, 0.4) is 0 Å². The van der Waals surface area contributed by atoms with Gasteiger partial charge < -0.3 is 9.84 Å². The molecule has 0 heterocycles. The molecule has 2 rings (SSSR count). The molecule has 2 aromatic carbocycles. The van der Waals surface area contributed by atoms with Gasteiger partial charge in [-0.1, -0.05) is 49.2 Å². The predicted molar refractivity (Wildman–Crippen MR) is 82.2 cm³/mol. The third kappa shape index (κ3) is 4.96. The number of phenolic OH excluding ortho intramolecular Hbond substituents is 1. The van der Waals surface area contributed by atoms with Gasteiger partial charge in [0, 0.05) is 0 Å². The highest BCUT2D eigenvalue weighted by Crippen LogP contribution is 2.18. The lowest BCUT2D eigenvalue weighted by molar-refractivity contribution is 0.304. The van der Waals surface area contributed by atoms with Crippen molar-refractivity contribution in [3.8, 4) is 11.5 Å². The highest BCUT2D eigenvalue weighted by molar-refractivity contribution is 5.31. The van der Waals surface area contributed by atoms with Gasteiger partial charge in [-0.25, -0.2) is 0 Å². The second-order valence-corrected chi connectivity index (χ2v) is 4.95. The van der Waals surface area contributed by atoms with E-state index in [0.717, 1.165) is 37.2 Å². The van der Waals surface area contributed by atoms with Crippen molar-refractivity contribution in [2.45, 2.75) is 32.1 Å². The van der Waals surface area contributed by atoms with E-state index in [2.05, 4.69) is 0 Å². The molecule has 0 unspecified atom stereocenters. The van der Waals surface area contributed by atoms with E-state index >= 15 is 0 Å². The molecular weight excluding hydrogens is 248 g/mol. The van der Waals surface area contributed by atoms with Crippen molar-refractivity contribution in [3.05, 3.63) is 60.2 Å². The summed E-state index contributed by atoms with van der Waals surface area (Å²) >= 11 is 0. The largest absolute Gasteiger partial charge is 0.508 e. The second-order valence-electron chi connectivity index (χ2n) is 4.95. The average Bonchev–Trinajstić information content (AvgIpc) is 2.49. The van der Waals surface area contributed by atoms with Crippen LogP contribution in [0.2, 0.25) is 0 Å². The van der Waals surface area contributed by atoms with Gasteiger partial charge in [0.25, 0.3) is 0 Å². The minimum atomic E-state index is 0.417. The van der Waals surface area contributed by atoms with Crippen LogP contribution in [-0.2, 0) is 6.42 Å². The van der Waals surface area contributed by atoms with Crippen LogP contribution in [-0.4, -0.2) is 11.7 Å². The number of aryl methyl sites for hydroxylation is 1. The first kappa shape index (κ1) is 14.4. The Labute approximate surface area is 121 Å². The Morgan fingerprint density at radius 2 is 1.45 bits per heavy atom. The quantitative estimate of drug-likeness (QED) is 0.712. The number of rotatable bonds is 8. The van der Waals surface area contributed by atoms with Gasteiger partial charge in [-0.05, 0) is 43.0 Å². The molecule has 0 atom stereocenters. The third-order valence-corrected chi connectivity index (χ3v) is 3.34. The van der Waals surface area contributed by atoms with Gasteiger partial charge in [0.2, 0.25) is 0 Å². The van der Waals surface area contributed by atoms with Crippen LogP contribution in [0.25, 0.3) is 0 Å². The molecule has 0 fully saturated rings. The van der Waals surface area contributed by atoms with Crippen molar-refractivity contribution < 1.29 is 9.84 Å². The van der Waals surface area contributed by atoms with E-state index in [0.29, 0.717) is 5.75 Å². The molecule has 0 saturated carbocycles. The van der Waals surface area contributed by atoms with E-state index in [1.165, 1.54) is 12.8 Å². The molecule has 0 radical (unpaired) electrons. The molecule has 0 amide bonds. The summed E-state index contributed by atoms with van der Waals surface area (Å²) in [4.78, 5) is 0. The van der Waals surface area contributed by atoms with E-state index in [4.69, 9.17) is 4.74 Å². The zero-order valence-corrected chi connectivity index (χ0v) is 11.8. The molecule has 2 nitrogen and oxygen atoms in total. The highest BCUT2D eigenvalue weighted by Gasteiger charge is 1.99. The van der Waals surface area contributed by atoms with Crippen LogP contribution >= 0.6 is 0 Å². The SMILES string of the molecule is Oc1ccccc1CCCCCCOc1ccccc1. The number of phenols is 1. The number of aromatic hydroxyl groups is 1. The van der Waals surface area contributed by atoms with Gasteiger partial charge in [-0.2, -0.15) is 0 Å². The zero-order chi connectivity index (χ0) is 14.0. The van der Waals surface area contributed by atoms with Crippen molar-refractivity contribution in [1.82, 2.24) is 0 Å². The number of hydrogen-bond acceptors (Lipinski definition) is 2. The zero-order valence-electron chi connectivity index (χ0n) is 11.8. The summed E-state index contributed by atoms with van der Waals surface area (Å²) in [6.07, 6.45) is 5.48. The van der Waals surface area contributed by atoms with Crippen molar-refractivity contribution in [2.75, 3.05) is 6.61 Å². The lowest BCUT2D eigenvalue weighted by Gasteiger charge is -2.06. The Kier molecular flexibility index (Phi) is 5.97. The summed E-state index contributed by atoms with van der Waals surface area (Å²) in [7, 11) is 0. The van der Waals surface area contributed by atoms with Crippen LogP contribution in [0.4, 0.5) is 0 Å². The normalized spacial score (nSPS) is 10.4. The monoisotopic (exact) mass is 270 g/mol. The number of hydrogen-bond donors (Lipinski definition) is 1. The van der Waals surface area contributed by atoms with E-state index < -0.39 is 0 Å². The molecular formula is C18H22O2. The molecule has 2 heteroatoms. The average molecular weight is 270 g/mol.